The third kappa shape index (κ3) is 5.05. The van der Waals surface area contributed by atoms with Crippen LogP contribution in [-0.2, 0) is 6.42 Å². The lowest BCUT2D eigenvalue weighted by Crippen LogP contribution is -2.16. The van der Waals surface area contributed by atoms with Crippen LogP contribution in [0.15, 0.2) is 36.9 Å². The summed E-state index contributed by atoms with van der Waals surface area (Å²) in [5, 5.41) is 3.43. The Hall–Kier alpha value is -1.08. The maximum Gasteiger partial charge on any atom is 0.0317 e. The lowest BCUT2D eigenvalue weighted by atomic mass is 9.98. The van der Waals surface area contributed by atoms with E-state index in [1.54, 1.807) is 0 Å². The molecule has 1 unspecified atom stereocenters. The van der Waals surface area contributed by atoms with Gasteiger partial charge in [0, 0.05) is 6.04 Å². The van der Waals surface area contributed by atoms with Crippen molar-refractivity contribution in [2.75, 3.05) is 7.05 Å². The molecular formula is C17H27N. The Morgan fingerprint density at radius 1 is 1.17 bits per heavy atom. The van der Waals surface area contributed by atoms with Crippen LogP contribution in [-0.4, -0.2) is 7.05 Å². The van der Waals surface area contributed by atoms with Gasteiger partial charge in [0.1, 0.15) is 0 Å². The fourth-order valence-electron chi connectivity index (χ4n) is 2.28. The van der Waals surface area contributed by atoms with Crippen molar-refractivity contribution in [1.29, 1.82) is 0 Å². The van der Waals surface area contributed by atoms with Crippen LogP contribution < -0.4 is 5.32 Å². The Morgan fingerprint density at radius 2 is 1.89 bits per heavy atom. The molecule has 0 radical (unpaired) electrons. The zero-order valence-corrected chi connectivity index (χ0v) is 11.9. The smallest absolute Gasteiger partial charge is 0.0317 e. The SMILES string of the molecule is C=CCCCCCC(NC)c1ccc(CC)cc1. The van der Waals surface area contributed by atoms with Crippen molar-refractivity contribution < 1.29 is 0 Å². The quantitative estimate of drug-likeness (QED) is 0.493. The van der Waals surface area contributed by atoms with E-state index < -0.39 is 0 Å². The molecule has 0 fully saturated rings. The fraction of sp³-hybridized carbons (Fsp3) is 0.529. The van der Waals surface area contributed by atoms with E-state index in [-0.39, 0.29) is 0 Å². The minimum Gasteiger partial charge on any atom is -0.313 e. The summed E-state index contributed by atoms with van der Waals surface area (Å²) in [5.41, 5.74) is 2.83. The highest BCUT2D eigenvalue weighted by Gasteiger charge is 2.08. The topological polar surface area (TPSA) is 12.0 Å². The van der Waals surface area contributed by atoms with Crippen LogP contribution >= 0.6 is 0 Å². The first kappa shape index (κ1) is 15.0. The van der Waals surface area contributed by atoms with Crippen LogP contribution in [0.4, 0.5) is 0 Å². The Balaban J connectivity index is 2.41. The van der Waals surface area contributed by atoms with Gasteiger partial charge < -0.3 is 5.32 Å². The summed E-state index contributed by atoms with van der Waals surface area (Å²) in [6.07, 6.45) is 9.36. The summed E-state index contributed by atoms with van der Waals surface area (Å²) in [4.78, 5) is 0. The van der Waals surface area contributed by atoms with E-state index >= 15 is 0 Å². The van der Waals surface area contributed by atoms with Crippen molar-refractivity contribution in [3.63, 3.8) is 0 Å². The van der Waals surface area contributed by atoms with E-state index in [0.29, 0.717) is 6.04 Å². The van der Waals surface area contributed by atoms with E-state index in [4.69, 9.17) is 0 Å². The second kappa shape index (κ2) is 8.93. The van der Waals surface area contributed by atoms with Gasteiger partial charge in [-0.2, -0.15) is 0 Å². The first-order valence-electron chi connectivity index (χ1n) is 7.18. The molecule has 1 N–H and O–H groups in total. The predicted molar refractivity (Wildman–Crippen MR) is 80.9 cm³/mol. The molecule has 0 aliphatic carbocycles. The molecule has 0 aliphatic rings. The van der Waals surface area contributed by atoms with Crippen LogP contribution in [0.25, 0.3) is 0 Å². The number of benzene rings is 1. The van der Waals surface area contributed by atoms with Gasteiger partial charge in [-0.05, 0) is 43.9 Å². The minimum absolute atomic E-state index is 0.500. The molecule has 1 nitrogen and oxygen atoms in total. The van der Waals surface area contributed by atoms with Crippen LogP contribution in [0.3, 0.4) is 0 Å². The lowest BCUT2D eigenvalue weighted by molar-refractivity contribution is 0.508. The molecule has 0 aliphatic heterocycles. The summed E-state index contributed by atoms with van der Waals surface area (Å²) >= 11 is 0. The molecule has 1 heteroatoms. The van der Waals surface area contributed by atoms with E-state index in [1.165, 1.54) is 36.8 Å². The van der Waals surface area contributed by atoms with Gasteiger partial charge in [-0.1, -0.05) is 50.1 Å². The monoisotopic (exact) mass is 245 g/mol. The zero-order chi connectivity index (χ0) is 13.2. The molecule has 0 heterocycles. The van der Waals surface area contributed by atoms with Gasteiger partial charge in [-0.25, -0.2) is 0 Å². The van der Waals surface area contributed by atoms with Crippen molar-refractivity contribution in [1.82, 2.24) is 5.32 Å². The van der Waals surface area contributed by atoms with E-state index in [1.807, 2.05) is 6.08 Å². The van der Waals surface area contributed by atoms with Crippen molar-refractivity contribution in [2.45, 2.75) is 51.5 Å². The van der Waals surface area contributed by atoms with Gasteiger partial charge in [0.05, 0.1) is 0 Å². The van der Waals surface area contributed by atoms with Crippen LogP contribution in [0.2, 0.25) is 0 Å². The highest BCUT2D eigenvalue weighted by Crippen LogP contribution is 2.20. The summed E-state index contributed by atoms with van der Waals surface area (Å²) in [6.45, 7) is 5.96. The van der Waals surface area contributed by atoms with E-state index in [2.05, 4.69) is 50.1 Å². The number of nitrogens with one attached hydrogen (secondary N) is 1. The third-order valence-corrected chi connectivity index (χ3v) is 3.54. The Kier molecular flexibility index (Phi) is 7.43. The molecule has 0 saturated heterocycles. The average molecular weight is 245 g/mol. The lowest BCUT2D eigenvalue weighted by Gasteiger charge is -2.17. The van der Waals surface area contributed by atoms with Crippen molar-refractivity contribution in [3.05, 3.63) is 48.0 Å². The molecule has 1 aromatic rings. The van der Waals surface area contributed by atoms with E-state index in [0.717, 1.165) is 12.8 Å². The minimum atomic E-state index is 0.500. The van der Waals surface area contributed by atoms with Crippen molar-refractivity contribution in [3.8, 4) is 0 Å². The number of hydrogen-bond acceptors (Lipinski definition) is 1. The van der Waals surface area contributed by atoms with Gasteiger partial charge in [-0.15, -0.1) is 6.58 Å². The molecule has 0 aromatic heterocycles. The van der Waals surface area contributed by atoms with Gasteiger partial charge in [-0.3, -0.25) is 0 Å². The Bertz CT molecular complexity index is 326. The molecule has 1 aromatic carbocycles. The van der Waals surface area contributed by atoms with Gasteiger partial charge in [0.2, 0.25) is 0 Å². The number of hydrogen-bond donors (Lipinski definition) is 1. The maximum atomic E-state index is 3.76. The van der Waals surface area contributed by atoms with Crippen molar-refractivity contribution >= 4 is 0 Å². The second-order valence-electron chi connectivity index (χ2n) is 4.86. The molecule has 100 valence electrons. The summed E-state index contributed by atoms with van der Waals surface area (Å²) in [5.74, 6) is 0. The second-order valence-corrected chi connectivity index (χ2v) is 4.86. The maximum absolute atomic E-state index is 3.76. The van der Waals surface area contributed by atoms with Crippen LogP contribution in [0.5, 0.6) is 0 Å². The standard InChI is InChI=1S/C17H27N/c1-4-6-7-8-9-10-17(18-3)16-13-11-15(5-2)12-14-16/h4,11-14,17-18H,1,5-10H2,2-3H3. The highest BCUT2D eigenvalue weighted by atomic mass is 14.9. The average Bonchev–Trinajstić information content (AvgIpc) is 2.43. The summed E-state index contributed by atoms with van der Waals surface area (Å²) in [6, 6.07) is 9.53. The van der Waals surface area contributed by atoms with Gasteiger partial charge in [0.15, 0.2) is 0 Å². The molecule has 1 rings (SSSR count). The van der Waals surface area contributed by atoms with Crippen LogP contribution in [0.1, 0.15) is 56.2 Å². The fourth-order valence-corrected chi connectivity index (χ4v) is 2.28. The number of rotatable bonds is 9. The first-order chi connectivity index (χ1) is 8.81. The highest BCUT2D eigenvalue weighted by molar-refractivity contribution is 5.24. The Labute approximate surface area is 112 Å². The normalized spacial score (nSPS) is 12.3. The Morgan fingerprint density at radius 3 is 2.44 bits per heavy atom. The molecule has 0 amide bonds. The van der Waals surface area contributed by atoms with Crippen molar-refractivity contribution in [2.24, 2.45) is 0 Å². The molecular weight excluding hydrogens is 218 g/mol. The number of unbranched alkanes of at least 4 members (excludes halogenated alkanes) is 3. The largest absolute Gasteiger partial charge is 0.313 e. The molecule has 0 bridgehead atoms. The predicted octanol–water partition coefficient (Wildman–Crippen LogP) is 4.65. The molecule has 0 saturated carbocycles. The van der Waals surface area contributed by atoms with Gasteiger partial charge in [0.25, 0.3) is 0 Å². The number of aryl methyl sites for hydroxylation is 1. The zero-order valence-electron chi connectivity index (χ0n) is 11.9. The first-order valence-corrected chi connectivity index (χ1v) is 7.18. The summed E-state index contributed by atoms with van der Waals surface area (Å²) < 4.78 is 0. The molecule has 1 atom stereocenters. The molecule has 18 heavy (non-hydrogen) atoms. The third-order valence-electron chi connectivity index (χ3n) is 3.54. The number of allylic oxidation sites excluding steroid dienone is 1. The van der Waals surface area contributed by atoms with Gasteiger partial charge >= 0.3 is 0 Å². The van der Waals surface area contributed by atoms with Crippen LogP contribution in [0, 0.1) is 0 Å². The molecule has 0 spiro atoms. The summed E-state index contributed by atoms with van der Waals surface area (Å²) in [7, 11) is 2.06. The van der Waals surface area contributed by atoms with E-state index in [9.17, 15) is 0 Å².